The molecule has 98 valence electrons. The lowest BCUT2D eigenvalue weighted by molar-refractivity contribution is 0.0357. The van der Waals surface area contributed by atoms with E-state index in [4.69, 9.17) is 16.7 Å². The number of pyridine rings is 1. The second-order valence-corrected chi connectivity index (χ2v) is 5.14. The van der Waals surface area contributed by atoms with Gasteiger partial charge in [0.05, 0.1) is 0 Å². The molecule has 1 fully saturated rings. The van der Waals surface area contributed by atoms with Crippen LogP contribution in [0.3, 0.4) is 0 Å². The highest BCUT2D eigenvalue weighted by molar-refractivity contribution is 6.34. The van der Waals surface area contributed by atoms with E-state index in [2.05, 4.69) is 4.98 Å². The van der Waals surface area contributed by atoms with Crippen LogP contribution in [0.5, 0.6) is 0 Å². The lowest BCUT2D eigenvalue weighted by Crippen LogP contribution is -2.51. The van der Waals surface area contributed by atoms with E-state index in [1.165, 1.54) is 0 Å². The lowest BCUT2D eigenvalue weighted by atomic mass is 10.0. The average molecular weight is 277 g/mol. The van der Waals surface area contributed by atoms with Gasteiger partial charge in [-0.15, -0.1) is 0 Å². The third-order valence-corrected chi connectivity index (χ3v) is 3.70. The molecule has 1 amide bonds. The summed E-state index contributed by atoms with van der Waals surface area (Å²) in [5.74, 6) is 0.0669. The molecule has 0 aliphatic carbocycles. The maximum absolute atomic E-state index is 12.2. The number of amides is 1. The summed E-state index contributed by atoms with van der Waals surface area (Å²) >= 11 is 6.11. The van der Waals surface area contributed by atoms with Crippen LogP contribution in [0, 0.1) is 5.92 Å². The van der Waals surface area contributed by atoms with Gasteiger partial charge in [0.2, 0.25) is 0 Å². The Bertz CT molecular complexity index is 638. The fraction of sp³-hybridized carbons (Fsp3) is 0.286. The van der Waals surface area contributed by atoms with Crippen molar-refractivity contribution in [3.05, 3.63) is 41.2 Å². The molecule has 3 rings (SSSR count). The highest BCUT2D eigenvalue weighted by atomic mass is 35.5. The minimum atomic E-state index is -0.127. The number of nitrogens with zero attached hydrogens (tertiary/aromatic N) is 2. The third kappa shape index (κ3) is 2.17. The Kier molecular flexibility index (Phi) is 3.12. The second-order valence-electron chi connectivity index (χ2n) is 4.78. The Morgan fingerprint density at radius 2 is 2.16 bits per heavy atom. The van der Waals surface area contributed by atoms with Gasteiger partial charge in [0, 0.05) is 31.0 Å². The van der Waals surface area contributed by atoms with Crippen LogP contribution in [0.4, 0.5) is 0 Å². The zero-order chi connectivity index (χ0) is 13.4. The normalized spacial score (nSPS) is 15.6. The highest BCUT2D eigenvalue weighted by Crippen LogP contribution is 2.24. The van der Waals surface area contributed by atoms with E-state index in [1.807, 2.05) is 24.3 Å². The van der Waals surface area contributed by atoms with Gasteiger partial charge in [0.15, 0.2) is 0 Å². The van der Waals surface area contributed by atoms with Crippen molar-refractivity contribution in [3.8, 4) is 0 Å². The zero-order valence-electron chi connectivity index (χ0n) is 10.2. The Labute approximate surface area is 115 Å². The van der Waals surface area contributed by atoms with E-state index >= 15 is 0 Å². The minimum Gasteiger partial charge on any atom is -0.396 e. The van der Waals surface area contributed by atoms with Gasteiger partial charge in [-0.25, -0.2) is 4.98 Å². The Morgan fingerprint density at radius 3 is 2.89 bits per heavy atom. The van der Waals surface area contributed by atoms with Crippen molar-refractivity contribution < 1.29 is 9.90 Å². The Balaban J connectivity index is 1.91. The molecule has 1 N–H and O–H groups in total. The largest absolute Gasteiger partial charge is 0.396 e. The number of halogens is 1. The van der Waals surface area contributed by atoms with E-state index < -0.39 is 0 Å². The summed E-state index contributed by atoms with van der Waals surface area (Å²) in [7, 11) is 0. The van der Waals surface area contributed by atoms with Crippen molar-refractivity contribution >= 4 is 28.3 Å². The molecule has 1 aromatic carbocycles. The predicted octanol–water partition coefficient (Wildman–Crippen LogP) is 1.95. The number of aliphatic hydroxyl groups excluding tert-OH is 1. The first-order valence-electron chi connectivity index (χ1n) is 6.14. The fourth-order valence-electron chi connectivity index (χ4n) is 2.28. The Hall–Kier alpha value is -1.65. The first-order chi connectivity index (χ1) is 9.19. The van der Waals surface area contributed by atoms with E-state index in [0.29, 0.717) is 23.9 Å². The van der Waals surface area contributed by atoms with E-state index in [1.54, 1.807) is 11.0 Å². The van der Waals surface area contributed by atoms with Crippen molar-refractivity contribution in [1.29, 1.82) is 0 Å². The highest BCUT2D eigenvalue weighted by Gasteiger charge is 2.31. The van der Waals surface area contributed by atoms with Gasteiger partial charge in [-0.05, 0) is 11.5 Å². The second kappa shape index (κ2) is 4.79. The number of aliphatic hydroxyl groups is 1. The number of likely N-dealkylation sites (tertiary alicyclic amines) is 1. The predicted molar refractivity (Wildman–Crippen MR) is 73.2 cm³/mol. The maximum Gasteiger partial charge on any atom is 0.272 e. The number of carbonyl (C=O) groups excluding carboxylic acids is 1. The molecule has 19 heavy (non-hydrogen) atoms. The van der Waals surface area contributed by atoms with E-state index in [9.17, 15) is 4.79 Å². The number of fused-ring (bicyclic) bond motifs is 1. The summed E-state index contributed by atoms with van der Waals surface area (Å²) < 4.78 is 0. The molecule has 1 saturated heterocycles. The smallest absolute Gasteiger partial charge is 0.272 e. The first-order valence-corrected chi connectivity index (χ1v) is 6.52. The number of benzene rings is 1. The van der Waals surface area contributed by atoms with Crippen molar-refractivity contribution in [2.75, 3.05) is 19.7 Å². The zero-order valence-corrected chi connectivity index (χ0v) is 11.0. The van der Waals surface area contributed by atoms with Gasteiger partial charge in [0.25, 0.3) is 5.91 Å². The average Bonchev–Trinajstić information content (AvgIpc) is 2.37. The van der Waals surface area contributed by atoms with E-state index in [0.717, 1.165) is 10.8 Å². The summed E-state index contributed by atoms with van der Waals surface area (Å²) in [6.07, 6.45) is 0. The summed E-state index contributed by atoms with van der Waals surface area (Å²) in [5, 5.41) is 11.1. The molecule has 2 heterocycles. The molecule has 0 bridgehead atoms. The van der Waals surface area contributed by atoms with Gasteiger partial charge in [-0.2, -0.15) is 0 Å². The molecular formula is C14H13ClN2O2. The van der Waals surface area contributed by atoms with E-state index in [-0.39, 0.29) is 18.4 Å². The summed E-state index contributed by atoms with van der Waals surface area (Å²) in [6, 6.07) is 9.34. The lowest BCUT2D eigenvalue weighted by Gasteiger charge is -2.38. The maximum atomic E-state index is 12.2. The number of hydrogen-bond donors (Lipinski definition) is 1. The van der Waals surface area contributed by atoms with Crippen molar-refractivity contribution in [1.82, 2.24) is 9.88 Å². The van der Waals surface area contributed by atoms with Gasteiger partial charge >= 0.3 is 0 Å². The van der Waals surface area contributed by atoms with Crippen LogP contribution in [0.25, 0.3) is 10.8 Å². The molecule has 0 unspecified atom stereocenters. The van der Waals surface area contributed by atoms with Crippen molar-refractivity contribution in [3.63, 3.8) is 0 Å². The van der Waals surface area contributed by atoms with Gasteiger partial charge < -0.3 is 10.0 Å². The van der Waals surface area contributed by atoms with Crippen LogP contribution in [-0.2, 0) is 0 Å². The summed E-state index contributed by atoms with van der Waals surface area (Å²) in [6.45, 7) is 1.29. The summed E-state index contributed by atoms with van der Waals surface area (Å²) in [5.41, 5.74) is 0.361. The van der Waals surface area contributed by atoms with Crippen LogP contribution in [0.2, 0.25) is 5.15 Å². The van der Waals surface area contributed by atoms with Crippen molar-refractivity contribution in [2.24, 2.45) is 5.92 Å². The molecule has 5 heteroatoms. The molecule has 0 radical (unpaired) electrons. The number of hydrogen-bond acceptors (Lipinski definition) is 3. The third-order valence-electron chi connectivity index (χ3n) is 3.42. The molecule has 0 atom stereocenters. The topological polar surface area (TPSA) is 53.4 Å². The minimum absolute atomic E-state index is 0.121. The molecular weight excluding hydrogens is 264 g/mol. The standard InChI is InChI=1S/C14H13ClN2O2/c15-13-11-4-2-1-3-10(11)5-12(16-13)14(19)17-6-9(7-17)8-18/h1-5,9,18H,6-8H2. The molecule has 1 aromatic heterocycles. The van der Waals surface area contributed by atoms with Crippen LogP contribution >= 0.6 is 11.6 Å². The number of rotatable bonds is 2. The molecule has 0 spiro atoms. The van der Waals surface area contributed by atoms with Gasteiger partial charge in [-0.1, -0.05) is 35.9 Å². The molecule has 1 aliphatic rings. The number of aromatic nitrogens is 1. The molecule has 4 nitrogen and oxygen atoms in total. The Morgan fingerprint density at radius 1 is 1.42 bits per heavy atom. The molecule has 2 aromatic rings. The fourth-order valence-corrected chi connectivity index (χ4v) is 2.54. The SMILES string of the molecule is O=C(c1cc2ccccc2c(Cl)n1)N1CC(CO)C1. The number of carbonyl (C=O) groups is 1. The first kappa shape index (κ1) is 12.4. The van der Waals surface area contributed by atoms with Crippen LogP contribution < -0.4 is 0 Å². The summed E-state index contributed by atoms with van der Waals surface area (Å²) in [4.78, 5) is 18.0. The van der Waals surface area contributed by atoms with Gasteiger partial charge in [0.1, 0.15) is 10.8 Å². The van der Waals surface area contributed by atoms with Crippen LogP contribution in [-0.4, -0.2) is 40.6 Å². The van der Waals surface area contributed by atoms with Crippen molar-refractivity contribution in [2.45, 2.75) is 0 Å². The monoisotopic (exact) mass is 276 g/mol. The quantitative estimate of drug-likeness (QED) is 0.853. The molecule has 0 saturated carbocycles. The van der Waals surface area contributed by atoms with Gasteiger partial charge in [-0.3, -0.25) is 4.79 Å². The van der Waals surface area contributed by atoms with Crippen LogP contribution in [0.1, 0.15) is 10.5 Å². The molecule has 1 aliphatic heterocycles. The van der Waals surface area contributed by atoms with Crippen LogP contribution in [0.15, 0.2) is 30.3 Å².